The van der Waals surface area contributed by atoms with Gasteiger partial charge in [0.25, 0.3) is 0 Å². The van der Waals surface area contributed by atoms with Crippen molar-refractivity contribution in [2.24, 2.45) is 4.99 Å². The standard InChI is InChI=1S/C20H23ClFN3O2.HI/c1-23-20(24-8-6-14-2-4-17(21)5-3-14)25-9-7-15-10-18(22)11-16-12-26-13-27-19(15)16;/h2-5,10-11H,6-9,12-13H2,1H3,(H2,23,24,25);1H. The number of hydrogen-bond acceptors (Lipinski definition) is 3. The van der Waals surface area contributed by atoms with E-state index in [4.69, 9.17) is 21.1 Å². The van der Waals surface area contributed by atoms with Crippen LogP contribution in [0.25, 0.3) is 0 Å². The highest BCUT2D eigenvalue weighted by atomic mass is 127. The molecule has 0 saturated carbocycles. The molecule has 152 valence electrons. The number of halogens is 3. The summed E-state index contributed by atoms with van der Waals surface area (Å²) in [5.41, 5.74) is 2.78. The predicted molar refractivity (Wildman–Crippen MR) is 120 cm³/mol. The highest BCUT2D eigenvalue weighted by Gasteiger charge is 2.16. The van der Waals surface area contributed by atoms with Crippen LogP contribution in [0.15, 0.2) is 41.4 Å². The molecule has 0 amide bonds. The SMILES string of the molecule is CN=C(NCCc1ccc(Cl)cc1)NCCc1cc(F)cc2c1OCOC2.I. The van der Waals surface area contributed by atoms with E-state index in [9.17, 15) is 4.39 Å². The molecule has 28 heavy (non-hydrogen) atoms. The molecule has 0 aromatic heterocycles. The second-order valence-electron chi connectivity index (χ2n) is 6.22. The van der Waals surface area contributed by atoms with Gasteiger partial charge in [-0.15, -0.1) is 24.0 Å². The molecule has 0 radical (unpaired) electrons. The molecule has 2 N–H and O–H groups in total. The first-order chi connectivity index (χ1) is 13.2. The second kappa shape index (κ2) is 11.4. The van der Waals surface area contributed by atoms with Crippen LogP contribution in [0.4, 0.5) is 4.39 Å². The summed E-state index contributed by atoms with van der Waals surface area (Å²) in [6, 6.07) is 10.8. The number of aliphatic imine (C=N–C) groups is 1. The van der Waals surface area contributed by atoms with Crippen LogP contribution < -0.4 is 15.4 Å². The van der Waals surface area contributed by atoms with Gasteiger partial charge in [0.2, 0.25) is 0 Å². The fourth-order valence-corrected chi connectivity index (χ4v) is 3.08. The Morgan fingerprint density at radius 2 is 1.86 bits per heavy atom. The Hall–Kier alpha value is -1.58. The number of nitrogens with one attached hydrogen (secondary N) is 2. The minimum Gasteiger partial charge on any atom is -0.467 e. The Morgan fingerprint density at radius 1 is 1.14 bits per heavy atom. The van der Waals surface area contributed by atoms with Crippen LogP contribution in [-0.4, -0.2) is 32.9 Å². The zero-order chi connectivity index (χ0) is 19.1. The van der Waals surface area contributed by atoms with Crippen LogP contribution in [0.2, 0.25) is 5.02 Å². The van der Waals surface area contributed by atoms with Gasteiger partial charge in [-0.1, -0.05) is 23.7 Å². The molecule has 0 unspecified atom stereocenters. The van der Waals surface area contributed by atoms with E-state index in [2.05, 4.69) is 15.6 Å². The molecule has 2 aromatic carbocycles. The average molecular weight is 520 g/mol. The van der Waals surface area contributed by atoms with Crippen molar-refractivity contribution < 1.29 is 13.9 Å². The van der Waals surface area contributed by atoms with Gasteiger partial charge in [-0.05, 0) is 48.2 Å². The van der Waals surface area contributed by atoms with Crippen molar-refractivity contribution in [3.05, 3.63) is 63.9 Å². The maximum atomic E-state index is 13.8. The van der Waals surface area contributed by atoms with Gasteiger partial charge in [-0.2, -0.15) is 0 Å². The van der Waals surface area contributed by atoms with Crippen LogP contribution in [0.3, 0.4) is 0 Å². The molecule has 2 aromatic rings. The zero-order valence-electron chi connectivity index (χ0n) is 15.6. The smallest absolute Gasteiger partial charge is 0.190 e. The molecule has 3 rings (SSSR count). The molecule has 0 atom stereocenters. The van der Waals surface area contributed by atoms with Gasteiger partial charge in [0.15, 0.2) is 12.8 Å². The molecule has 0 aliphatic carbocycles. The van der Waals surface area contributed by atoms with Crippen LogP contribution in [-0.2, 0) is 24.2 Å². The number of nitrogens with zero attached hydrogens (tertiary/aromatic N) is 1. The number of benzene rings is 2. The second-order valence-corrected chi connectivity index (χ2v) is 6.65. The topological polar surface area (TPSA) is 54.9 Å². The molecule has 0 spiro atoms. The number of hydrogen-bond donors (Lipinski definition) is 2. The van der Waals surface area contributed by atoms with Crippen molar-refractivity contribution in [2.45, 2.75) is 19.4 Å². The molecule has 1 heterocycles. The minimum atomic E-state index is -0.275. The van der Waals surface area contributed by atoms with Crippen molar-refractivity contribution in [1.82, 2.24) is 10.6 Å². The lowest BCUT2D eigenvalue weighted by molar-refractivity contribution is -0.0172. The third-order valence-electron chi connectivity index (χ3n) is 4.28. The first-order valence-electron chi connectivity index (χ1n) is 8.86. The first kappa shape index (κ1) is 22.7. The minimum absolute atomic E-state index is 0. The molecule has 5 nitrogen and oxygen atoms in total. The van der Waals surface area contributed by atoms with Crippen molar-refractivity contribution in [3.8, 4) is 5.75 Å². The first-order valence-corrected chi connectivity index (χ1v) is 9.24. The molecule has 1 aliphatic heterocycles. The van der Waals surface area contributed by atoms with Crippen LogP contribution in [0.5, 0.6) is 5.75 Å². The molecular weight excluding hydrogens is 496 g/mol. The molecule has 0 bridgehead atoms. The molecule has 8 heteroatoms. The summed E-state index contributed by atoms with van der Waals surface area (Å²) in [5.74, 6) is 1.16. The third kappa shape index (κ3) is 6.49. The van der Waals surface area contributed by atoms with Crippen LogP contribution in [0.1, 0.15) is 16.7 Å². The van der Waals surface area contributed by atoms with Gasteiger partial charge in [0.05, 0.1) is 6.61 Å². The van der Waals surface area contributed by atoms with Gasteiger partial charge in [-0.25, -0.2) is 4.39 Å². The fraction of sp³-hybridized carbons (Fsp3) is 0.350. The molecular formula is C20H24ClFIN3O2. The maximum absolute atomic E-state index is 13.8. The Labute approximate surface area is 186 Å². The summed E-state index contributed by atoms with van der Waals surface area (Å²) in [6.45, 7) is 1.94. The summed E-state index contributed by atoms with van der Waals surface area (Å²) in [4.78, 5) is 4.22. The largest absolute Gasteiger partial charge is 0.467 e. The Balaban J connectivity index is 0.00000280. The normalized spacial score (nSPS) is 13.2. The van der Waals surface area contributed by atoms with Crippen molar-refractivity contribution >= 4 is 41.5 Å². The van der Waals surface area contributed by atoms with Gasteiger partial charge < -0.3 is 20.1 Å². The summed E-state index contributed by atoms with van der Waals surface area (Å²) in [7, 11) is 1.72. The van der Waals surface area contributed by atoms with E-state index in [1.807, 2.05) is 24.3 Å². The quantitative estimate of drug-likeness (QED) is 0.345. The Morgan fingerprint density at radius 3 is 2.57 bits per heavy atom. The van der Waals surface area contributed by atoms with Gasteiger partial charge in [-0.3, -0.25) is 4.99 Å². The van der Waals surface area contributed by atoms with E-state index in [0.717, 1.165) is 34.9 Å². The fourth-order valence-electron chi connectivity index (χ4n) is 2.95. The maximum Gasteiger partial charge on any atom is 0.190 e. The Kier molecular flexibility index (Phi) is 9.27. The lowest BCUT2D eigenvalue weighted by Crippen LogP contribution is -2.39. The van der Waals surface area contributed by atoms with Crippen molar-refractivity contribution in [2.75, 3.05) is 26.9 Å². The van der Waals surface area contributed by atoms with E-state index >= 15 is 0 Å². The number of guanidine groups is 1. The monoisotopic (exact) mass is 519 g/mol. The van der Waals surface area contributed by atoms with Crippen LogP contribution >= 0.6 is 35.6 Å². The van der Waals surface area contributed by atoms with Gasteiger partial charge in [0, 0.05) is 30.7 Å². The molecule has 1 aliphatic rings. The third-order valence-corrected chi connectivity index (χ3v) is 4.53. The van der Waals surface area contributed by atoms with Crippen molar-refractivity contribution in [3.63, 3.8) is 0 Å². The number of fused-ring (bicyclic) bond motifs is 1. The van der Waals surface area contributed by atoms with E-state index < -0.39 is 0 Å². The summed E-state index contributed by atoms with van der Waals surface area (Å²) >= 11 is 5.90. The predicted octanol–water partition coefficient (Wildman–Crippen LogP) is 3.91. The van der Waals surface area contributed by atoms with Gasteiger partial charge >= 0.3 is 0 Å². The highest BCUT2D eigenvalue weighted by Crippen LogP contribution is 2.29. The number of rotatable bonds is 6. The summed E-state index contributed by atoms with van der Waals surface area (Å²) in [6.07, 6.45) is 1.49. The molecule has 0 saturated heterocycles. The summed E-state index contributed by atoms with van der Waals surface area (Å²) in [5, 5.41) is 7.26. The Bertz CT molecular complexity index is 803. The van der Waals surface area contributed by atoms with Gasteiger partial charge in [0.1, 0.15) is 11.6 Å². The lowest BCUT2D eigenvalue weighted by Gasteiger charge is -2.21. The molecule has 0 fully saturated rings. The number of ether oxygens (including phenoxy) is 2. The summed E-state index contributed by atoms with van der Waals surface area (Å²) < 4.78 is 24.5. The van der Waals surface area contributed by atoms with Crippen LogP contribution in [0, 0.1) is 5.82 Å². The highest BCUT2D eigenvalue weighted by molar-refractivity contribution is 14.0. The van der Waals surface area contributed by atoms with E-state index in [1.165, 1.54) is 17.7 Å². The van der Waals surface area contributed by atoms with E-state index in [0.29, 0.717) is 25.5 Å². The average Bonchev–Trinajstić information content (AvgIpc) is 2.68. The van der Waals surface area contributed by atoms with Crippen molar-refractivity contribution in [1.29, 1.82) is 0 Å². The lowest BCUT2D eigenvalue weighted by atomic mass is 10.1. The van der Waals surface area contributed by atoms with E-state index in [1.54, 1.807) is 7.05 Å². The zero-order valence-corrected chi connectivity index (χ0v) is 18.7. The van der Waals surface area contributed by atoms with E-state index in [-0.39, 0.29) is 36.6 Å².